The van der Waals surface area contributed by atoms with Gasteiger partial charge in [-0.05, 0) is 38.5 Å². The number of carbonyl (C=O) groups is 1. The summed E-state index contributed by atoms with van der Waals surface area (Å²) in [6, 6.07) is -0.719. The van der Waals surface area contributed by atoms with E-state index in [1.807, 2.05) is 0 Å². The van der Waals surface area contributed by atoms with E-state index in [1.165, 1.54) is 295 Å². The molecule has 1 aliphatic rings. The van der Waals surface area contributed by atoms with E-state index in [-0.39, 0.29) is 12.5 Å². The van der Waals surface area contributed by atoms with Crippen molar-refractivity contribution in [1.29, 1.82) is 0 Å². The number of unbranched alkanes of at least 4 members (excludes halogenated alkanes) is 49. The molecular formula is C68H133NO8. The molecule has 0 saturated carbocycles. The number of aliphatic hydroxyl groups is 5. The third-order valence-electron chi connectivity index (χ3n) is 16.9. The lowest BCUT2D eigenvalue weighted by Gasteiger charge is -2.40. The van der Waals surface area contributed by atoms with Gasteiger partial charge in [0.15, 0.2) is 6.29 Å². The minimum Gasteiger partial charge on any atom is -0.394 e. The highest BCUT2D eigenvalue weighted by atomic mass is 16.7. The summed E-state index contributed by atoms with van der Waals surface area (Å²) in [6.45, 7) is 3.89. The summed E-state index contributed by atoms with van der Waals surface area (Å²) in [7, 11) is 0. The molecule has 7 unspecified atom stereocenters. The van der Waals surface area contributed by atoms with Gasteiger partial charge in [0, 0.05) is 6.42 Å². The predicted molar refractivity (Wildman–Crippen MR) is 327 cm³/mol. The molecule has 77 heavy (non-hydrogen) atoms. The van der Waals surface area contributed by atoms with E-state index in [9.17, 15) is 30.3 Å². The fourth-order valence-electron chi connectivity index (χ4n) is 11.5. The van der Waals surface area contributed by atoms with E-state index in [1.54, 1.807) is 0 Å². The summed E-state index contributed by atoms with van der Waals surface area (Å²) in [6.07, 6.45) is 67.1. The molecule has 1 aliphatic heterocycles. The number of hydrogen-bond donors (Lipinski definition) is 6. The van der Waals surface area contributed by atoms with Gasteiger partial charge in [-0.25, -0.2) is 0 Å². The number of aliphatic hydroxyl groups excluding tert-OH is 5. The highest BCUT2D eigenvalue weighted by Gasteiger charge is 2.44. The number of ether oxygens (including phenoxy) is 2. The minimum atomic E-state index is -1.55. The normalized spacial score (nSPS) is 18.7. The van der Waals surface area contributed by atoms with Gasteiger partial charge >= 0.3 is 0 Å². The second-order valence-corrected chi connectivity index (χ2v) is 24.3. The van der Waals surface area contributed by atoms with Crippen molar-refractivity contribution in [1.82, 2.24) is 5.32 Å². The number of nitrogens with one attached hydrogen (secondary N) is 1. The Kier molecular flexibility index (Phi) is 55.8. The highest BCUT2D eigenvalue weighted by molar-refractivity contribution is 5.76. The minimum absolute atomic E-state index is 0.134. The van der Waals surface area contributed by atoms with Gasteiger partial charge in [0.2, 0.25) is 5.91 Å². The molecule has 1 saturated heterocycles. The van der Waals surface area contributed by atoms with Crippen molar-refractivity contribution in [2.75, 3.05) is 13.2 Å². The van der Waals surface area contributed by atoms with Crippen LogP contribution in [0.15, 0.2) is 12.2 Å². The van der Waals surface area contributed by atoms with Crippen LogP contribution < -0.4 is 5.32 Å². The van der Waals surface area contributed by atoms with Crippen molar-refractivity contribution in [2.24, 2.45) is 0 Å². The van der Waals surface area contributed by atoms with Gasteiger partial charge in [-0.2, -0.15) is 0 Å². The molecule has 0 aliphatic carbocycles. The van der Waals surface area contributed by atoms with E-state index in [0.29, 0.717) is 12.8 Å². The molecule has 9 nitrogen and oxygen atoms in total. The molecule has 0 aromatic carbocycles. The summed E-state index contributed by atoms with van der Waals surface area (Å²) in [4.78, 5) is 13.1. The Bertz CT molecular complexity index is 1220. The van der Waals surface area contributed by atoms with Gasteiger partial charge in [-0.1, -0.05) is 328 Å². The molecule has 458 valence electrons. The van der Waals surface area contributed by atoms with E-state index in [4.69, 9.17) is 9.47 Å². The van der Waals surface area contributed by atoms with Gasteiger partial charge in [-0.15, -0.1) is 0 Å². The zero-order valence-electron chi connectivity index (χ0n) is 51.3. The zero-order valence-corrected chi connectivity index (χ0v) is 51.3. The second kappa shape index (κ2) is 58.1. The van der Waals surface area contributed by atoms with Crippen LogP contribution in [0.25, 0.3) is 0 Å². The highest BCUT2D eigenvalue weighted by Crippen LogP contribution is 2.24. The Morgan fingerprint density at radius 2 is 0.727 bits per heavy atom. The maximum atomic E-state index is 13.1. The smallest absolute Gasteiger partial charge is 0.220 e. The van der Waals surface area contributed by atoms with E-state index in [2.05, 4.69) is 31.3 Å². The molecule has 0 aromatic rings. The van der Waals surface area contributed by atoms with Gasteiger partial charge in [0.1, 0.15) is 24.4 Å². The van der Waals surface area contributed by atoms with Crippen LogP contribution in [0.4, 0.5) is 0 Å². The largest absolute Gasteiger partial charge is 0.394 e. The molecule has 0 bridgehead atoms. The first-order chi connectivity index (χ1) is 37.8. The molecule has 9 heteroatoms. The molecule has 0 aromatic heterocycles. The monoisotopic (exact) mass is 1090 g/mol. The molecular weight excluding hydrogens is 959 g/mol. The van der Waals surface area contributed by atoms with E-state index >= 15 is 0 Å². The van der Waals surface area contributed by atoms with Crippen molar-refractivity contribution in [3.05, 3.63) is 12.2 Å². The van der Waals surface area contributed by atoms with Crippen LogP contribution in [0.2, 0.25) is 0 Å². The lowest BCUT2D eigenvalue weighted by atomic mass is 9.99. The van der Waals surface area contributed by atoms with Gasteiger partial charge in [-0.3, -0.25) is 4.79 Å². The third kappa shape index (κ3) is 47.2. The second-order valence-electron chi connectivity index (χ2n) is 24.3. The molecule has 1 rings (SSSR count). The van der Waals surface area contributed by atoms with Crippen LogP contribution in [0.1, 0.15) is 361 Å². The van der Waals surface area contributed by atoms with Crippen LogP contribution in [0, 0.1) is 0 Å². The van der Waals surface area contributed by atoms with Gasteiger partial charge in [0.05, 0.1) is 25.4 Å². The van der Waals surface area contributed by atoms with Crippen molar-refractivity contribution < 1.29 is 39.8 Å². The molecule has 1 fully saturated rings. The molecule has 7 atom stereocenters. The Labute approximate surface area is 477 Å². The molecule has 6 N–H and O–H groups in total. The predicted octanol–water partition coefficient (Wildman–Crippen LogP) is 18.3. The summed E-state index contributed by atoms with van der Waals surface area (Å²) >= 11 is 0. The fraction of sp³-hybridized carbons (Fsp3) is 0.956. The average molecular weight is 1090 g/mol. The van der Waals surface area contributed by atoms with Crippen LogP contribution in [-0.2, 0) is 14.3 Å². The number of rotatable bonds is 61. The van der Waals surface area contributed by atoms with Gasteiger partial charge < -0.3 is 40.3 Å². The first-order valence-electron chi connectivity index (χ1n) is 34.4. The number of amides is 1. The van der Waals surface area contributed by atoms with E-state index in [0.717, 1.165) is 38.5 Å². The first-order valence-corrected chi connectivity index (χ1v) is 34.4. The zero-order chi connectivity index (χ0) is 55.8. The molecule has 0 radical (unpaired) electrons. The fourth-order valence-corrected chi connectivity index (χ4v) is 11.5. The summed E-state index contributed by atoms with van der Waals surface area (Å²) in [5.74, 6) is -0.139. The average Bonchev–Trinajstić information content (AvgIpc) is 3.43. The number of allylic oxidation sites excluding steroid dienone is 2. The lowest BCUT2D eigenvalue weighted by molar-refractivity contribution is -0.302. The topological polar surface area (TPSA) is 149 Å². The molecule has 1 heterocycles. The van der Waals surface area contributed by atoms with Gasteiger partial charge in [0.25, 0.3) is 0 Å². The third-order valence-corrected chi connectivity index (χ3v) is 16.9. The van der Waals surface area contributed by atoms with Crippen molar-refractivity contribution in [3.63, 3.8) is 0 Å². The van der Waals surface area contributed by atoms with Crippen LogP contribution in [0.5, 0.6) is 0 Å². The maximum absolute atomic E-state index is 13.1. The number of hydrogen-bond acceptors (Lipinski definition) is 8. The quantitative estimate of drug-likeness (QED) is 0.0261. The maximum Gasteiger partial charge on any atom is 0.220 e. The van der Waals surface area contributed by atoms with E-state index < -0.39 is 49.5 Å². The SMILES string of the molecule is CCCCCCCCCC/C=C\CCCCCCCCCCCC(=O)NC(COC1OC(CO)C(O)C(O)C1O)C(O)CCCCCCCCCCCCCCCCCCCCCCCCCCCCCCCCCCC. The number of carbonyl (C=O) groups excluding carboxylic acids is 1. The van der Waals surface area contributed by atoms with Crippen LogP contribution >= 0.6 is 0 Å². The van der Waals surface area contributed by atoms with Crippen molar-refractivity contribution >= 4 is 5.91 Å². The Morgan fingerprint density at radius 3 is 1.05 bits per heavy atom. The van der Waals surface area contributed by atoms with Crippen LogP contribution in [-0.4, -0.2) is 87.5 Å². The summed E-state index contributed by atoms with van der Waals surface area (Å²) < 4.78 is 11.4. The summed E-state index contributed by atoms with van der Waals surface area (Å²) in [5.41, 5.74) is 0. The van der Waals surface area contributed by atoms with Crippen molar-refractivity contribution in [3.8, 4) is 0 Å². The Morgan fingerprint density at radius 1 is 0.429 bits per heavy atom. The standard InChI is InChI=1S/C68H133NO8/c1-3-5-7-9-11-13-15-17-19-21-23-25-26-27-28-29-30-31-32-33-34-35-36-38-39-41-43-45-47-49-51-53-55-57-62(71)61(60-76-68-67(75)66(74)65(73)63(59-70)77-68)69-64(72)58-56-54-52-50-48-46-44-42-40-37-24-22-20-18-16-14-12-10-8-6-4-2/h22,24,61-63,65-68,70-71,73-75H,3-21,23,25-60H2,1-2H3,(H,69,72)/b24-22-. The Balaban J connectivity index is 2.09. The van der Waals surface area contributed by atoms with Crippen molar-refractivity contribution in [2.45, 2.75) is 403 Å². The molecule has 1 amide bonds. The first kappa shape index (κ1) is 73.9. The Hall–Kier alpha value is -1.07. The summed E-state index contributed by atoms with van der Waals surface area (Å²) in [5, 5.41) is 54.9. The molecule has 0 spiro atoms. The van der Waals surface area contributed by atoms with Crippen LogP contribution in [0.3, 0.4) is 0 Å². The lowest BCUT2D eigenvalue weighted by Crippen LogP contribution is -2.60.